The van der Waals surface area contributed by atoms with Crippen LogP contribution in [0.1, 0.15) is 55.1 Å². The van der Waals surface area contributed by atoms with E-state index in [9.17, 15) is 19.5 Å². The molecule has 0 saturated heterocycles. The monoisotopic (exact) mass is 518 g/mol. The molecular weight excluding hydrogens is 484 g/mol. The van der Waals surface area contributed by atoms with E-state index < -0.39 is 23.5 Å². The first kappa shape index (κ1) is 27.1. The second-order valence-electron chi connectivity index (χ2n) is 10.6. The number of carbonyl (C=O) groups is 3. The van der Waals surface area contributed by atoms with E-state index in [-0.39, 0.29) is 31.9 Å². The quantitative estimate of drug-likeness (QED) is 0.419. The molecule has 0 aliphatic carbocycles. The van der Waals surface area contributed by atoms with Gasteiger partial charge in [-0.2, -0.15) is 0 Å². The summed E-state index contributed by atoms with van der Waals surface area (Å²) in [6.07, 6.45) is 2.37. The van der Waals surface area contributed by atoms with Crippen molar-refractivity contribution in [3.63, 3.8) is 0 Å². The Morgan fingerprint density at radius 2 is 1.92 bits per heavy atom. The van der Waals surface area contributed by atoms with Crippen LogP contribution in [0.4, 0.5) is 0 Å². The highest BCUT2D eigenvalue weighted by Crippen LogP contribution is 2.35. The van der Waals surface area contributed by atoms with E-state index in [2.05, 4.69) is 4.98 Å². The molecule has 1 unspecified atom stereocenters. The van der Waals surface area contributed by atoms with Crippen molar-refractivity contribution < 1.29 is 24.2 Å². The van der Waals surface area contributed by atoms with Gasteiger partial charge in [-0.3, -0.25) is 14.4 Å². The zero-order valence-corrected chi connectivity index (χ0v) is 22.2. The van der Waals surface area contributed by atoms with Crippen molar-refractivity contribution in [2.24, 2.45) is 12.8 Å². The molecule has 9 heteroatoms. The summed E-state index contributed by atoms with van der Waals surface area (Å²) >= 11 is 0. The number of nitrogens with zero attached hydrogens (tertiary/aromatic N) is 3. The van der Waals surface area contributed by atoms with Gasteiger partial charge in [0, 0.05) is 43.3 Å². The minimum Gasteiger partial charge on any atom is -0.460 e. The highest BCUT2D eigenvalue weighted by molar-refractivity contribution is 6.01. The first-order chi connectivity index (χ1) is 18.0. The maximum absolute atomic E-state index is 13.2. The van der Waals surface area contributed by atoms with Crippen LogP contribution in [-0.4, -0.2) is 55.6 Å². The van der Waals surface area contributed by atoms with Crippen LogP contribution in [-0.2, 0) is 34.3 Å². The summed E-state index contributed by atoms with van der Waals surface area (Å²) in [7, 11) is 1.92. The molecule has 1 aromatic heterocycles. The van der Waals surface area contributed by atoms with E-state index in [1.54, 1.807) is 33.2 Å². The second kappa shape index (κ2) is 10.8. The van der Waals surface area contributed by atoms with Crippen molar-refractivity contribution >= 4 is 17.8 Å². The number of ether oxygens (including phenoxy) is 1. The van der Waals surface area contributed by atoms with E-state index in [1.807, 2.05) is 48.0 Å². The number of benzene rings is 2. The van der Waals surface area contributed by atoms with Crippen LogP contribution in [0.5, 0.6) is 0 Å². The number of imidazole rings is 1. The largest absolute Gasteiger partial charge is 0.460 e. The lowest BCUT2D eigenvalue weighted by Crippen LogP contribution is -2.45. The van der Waals surface area contributed by atoms with Crippen molar-refractivity contribution in [1.29, 1.82) is 0 Å². The number of aliphatic hydroxyl groups excluding tert-OH is 1. The molecule has 0 spiro atoms. The van der Waals surface area contributed by atoms with Crippen LogP contribution in [0.2, 0.25) is 0 Å². The summed E-state index contributed by atoms with van der Waals surface area (Å²) in [6.45, 7) is 5.59. The number of carbonyl (C=O) groups excluding carboxylic acids is 3. The molecule has 3 N–H and O–H groups in total. The molecule has 1 aliphatic rings. The van der Waals surface area contributed by atoms with E-state index in [1.165, 1.54) is 4.90 Å². The number of primary amides is 1. The normalized spacial score (nSPS) is 13.9. The van der Waals surface area contributed by atoms with E-state index in [4.69, 9.17) is 10.5 Å². The Balaban J connectivity index is 1.59. The van der Waals surface area contributed by atoms with Crippen molar-refractivity contribution in [3.8, 4) is 22.5 Å². The number of fused-ring (bicyclic) bond motifs is 1. The lowest BCUT2D eigenvalue weighted by atomic mass is 9.99. The van der Waals surface area contributed by atoms with Crippen LogP contribution >= 0.6 is 0 Å². The Labute approximate surface area is 222 Å². The molecule has 200 valence electrons. The standard InChI is InChI=1S/C29H34N4O5/c1-29(2,3)38-24(35)11-10-23(27(30)36)33-16-21-15-19(8-9-22(21)28(33)37)25-26(32(4)17-31-25)20-7-5-6-18(14-20)12-13-34/h5-9,14-15,17,23,34H,10-13,16H2,1-4H3,(H2,30,36). The molecule has 0 bridgehead atoms. The molecule has 4 rings (SSSR count). The van der Waals surface area contributed by atoms with Crippen LogP contribution in [0.25, 0.3) is 22.5 Å². The van der Waals surface area contributed by atoms with Gasteiger partial charge in [0.05, 0.1) is 17.7 Å². The summed E-state index contributed by atoms with van der Waals surface area (Å²) < 4.78 is 7.28. The smallest absolute Gasteiger partial charge is 0.306 e. The predicted molar refractivity (Wildman–Crippen MR) is 143 cm³/mol. The molecule has 2 heterocycles. The maximum atomic E-state index is 13.2. The average Bonchev–Trinajstić information content (AvgIpc) is 3.38. The Hall–Kier alpha value is -3.98. The number of aromatic nitrogens is 2. The molecule has 3 aromatic rings. The molecule has 2 aromatic carbocycles. The van der Waals surface area contributed by atoms with Crippen molar-refractivity contribution in [1.82, 2.24) is 14.5 Å². The molecule has 38 heavy (non-hydrogen) atoms. The van der Waals surface area contributed by atoms with Crippen LogP contribution in [0.3, 0.4) is 0 Å². The highest BCUT2D eigenvalue weighted by atomic mass is 16.6. The third-order valence-electron chi connectivity index (χ3n) is 6.50. The van der Waals surface area contributed by atoms with Gasteiger partial charge >= 0.3 is 5.97 Å². The average molecular weight is 519 g/mol. The summed E-state index contributed by atoms with van der Waals surface area (Å²) in [5, 5.41) is 9.34. The topological polar surface area (TPSA) is 128 Å². The summed E-state index contributed by atoms with van der Waals surface area (Å²) in [4.78, 5) is 43.8. The number of nitrogens with two attached hydrogens (primary N) is 1. The maximum Gasteiger partial charge on any atom is 0.306 e. The van der Waals surface area contributed by atoms with Gasteiger partial charge in [-0.15, -0.1) is 0 Å². The zero-order valence-electron chi connectivity index (χ0n) is 22.2. The molecule has 0 fully saturated rings. The minimum absolute atomic E-state index is 0.0249. The first-order valence-corrected chi connectivity index (χ1v) is 12.7. The molecular formula is C29H34N4O5. The molecule has 9 nitrogen and oxygen atoms in total. The third-order valence-corrected chi connectivity index (χ3v) is 6.50. The summed E-state index contributed by atoms with van der Waals surface area (Å²) in [6, 6.07) is 12.6. The summed E-state index contributed by atoms with van der Waals surface area (Å²) in [5.41, 5.74) is 10.8. The van der Waals surface area contributed by atoms with Crippen molar-refractivity contribution in [2.45, 2.75) is 58.2 Å². The minimum atomic E-state index is -0.925. The number of amides is 2. The van der Waals surface area contributed by atoms with Gasteiger partial charge in [0.25, 0.3) is 5.91 Å². The van der Waals surface area contributed by atoms with Crippen molar-refractivity contribution in [3.05, 3.63) is 65.5 Å². The number of aliphatic hydroxyl groups is 1. The number of esters is 1. The Bertz CT molecular complexity index is 1370. The number of hydrogen-bond donors (Lipinski definition) is 2. The van der Waals surface area contributed by atoms with Crippen LogP contribution in [0, 0.1) is 0 Å². The number of rotatable bonds is 9. The Morgan fingerprint density at radius 3 is 2.61 bits per heavy atom. The van der Waals surface area contributed by atoms with Gasteiger partial charge in [0.2, 0.25) is 5.91 Å². The lowest BCUT2D eigenvalue weighted by molar-refractivity contribution is -0.155. The highest BCUT2D eigenvalue weighted by Gasteiger charge is 2.36. The molecule has 2 amide bonds. The Morgan fingerprint density at radius 1 is 1.16 bits per heavy atom. The fourth-order valence-corrected chi connectivity index (χ4v) is 4.83. The van der Waals surface area contributed by atoms with Gasteiger partial charge in [-0.25, -0.2) is 4.98 Å². The van der Waals surface area contributed by atoms with Gasteiger partial charge in [-0.1, -0.05) is 24.3 Å². The van der Waals surface area contributed by atoms with E-state index in [0.717, 1.165) is 33.6 Å². The van der Waals surface area contributed by atoms with Gasteiger partial charge in [0.15, 0.2) is 0 Å². The molecule has 0 radical (unpaired) electrons. The number of aryl methyl sites for hydroxylation is 1. The fraction of sp³-hybridized carbons (Fsp3) is 0.379. The SMILES string of the molecule is Cn1cnc(-c2ccc3c(c2)CN(C(CCC(=O)OC(C)(C)C)C(N)=O)C3=O)c1-c1cccc(CCO)c1. The molecule has 1 atom stereocenters. The number of hydrogen-bond acceptors (Lipinski definition) is 6. The van der Waals surface area contributed by atoms with Gasteiger partial charge in [0.1, 0.15) is 11.6 Å². The van der Waals surface area contributed by atoms with Crippen molar-refractivity contribution in [2.75, 3.05) is 6.61 Å². The molecule has 0 saturated carbocycles. The van der Waals surface area contributed by atoms with Gasteiger partial charge < -0.3 is 25.0 Å². The second-order valence-corrected chi connectivity index (χ2v) is 10.6. The predicted octanol–water partition coefficient (Wildman–Crippen LogP) is 3.22. The summed E-state index contributed by atoms with van der Waals surface area (Å²) in [5.74, 6) is -1.40. The first-order valence-electron chi connectivity index (χ1n) is 12.7. The van der Waals surface area contributed by atoms with Crippen LogP contribution in [0.15, 0.2) is 48.8 Å². The van der Waals surface area contributed by atoms with Gasteiger partial charge in [-0.05, 0) is 62.9 Å². The molecule has 1 aliphatic heterocycles. The fourth-order valence-electron chi connectivity index (χ4n) is 4.83. The lowest BCUT2D eigenvalue weighted by Gasteiger charge is -2.25. The van der Waals surface area contributed by atoms with Crippen LogP contribution < -0.4 is 5.73 Å². The third kappa shape index (κ3) is 5.78. The Kier molecular flexibility index (Phi) is 7.68. The van der Waals surface area contributed by atoms with E-state index >= 15 is 0 Å². The zero-order chi connectivity index (χ0) is 27.6. The van der Waals surface area contributed by atoms with E-state index in [0.29, 0.717) is 12.0 Å².